The molecule has 4 N–H and O–H groups in total. The molecule has 4 amide bonds. The highest BCUT2D eigenvalue weighted by atomic mass is 16.6. The zero-order valence-electron chi connectivity index (χ0n) is 45.3. The van der Waals surface area contributed by atoms with Gasteiger partial charge in [-0.2, -0.15) is 0 Å². The summed E-state index contributed by atoms with van der Waals surface area (Å²) in [4.78, 5) is 92.6. The van der Waals surface area contributed by atoms with Gasteiger partial charge in [-0.3, -0.25) is 24.4 Å². The van der Waals surface area contributed by atoms with Crippen molar-refractivity contribution in [2.24, 2.45) is 17.8 Å². The monoisotopic (exact) mass is 1010 g/mol. The van der Waals surface area contributed by atoms with Gasteiger partial charge in [0.15, 0.2) is 0 Å². The number of hydrogen-bond donors (Lipinski definition) is 4. The second-order valence-electron chi connectivity index (χ2n) is 23.1. The molecule has 1 aliphatic heterocycles. The van der Waals surface area contributed by atoms with Crippen molar-refractivity contribution in [2.75, 3.05) is 26.2 Å². The maximum absolute atomic E-state index is 15.2. The summed E-state index contributed by atoms with van der Waals surface area (Å²) in [6.07, 6.45) is 0.746. The normalized spacial score (nSPS) is 19.1. The number of rotatable bonds is 19. The minimum atomic E-state index is -1.11. The van der Waals surface area contributed by atoms with E-state index in [-0.39, 0.29) is 37.1 Å². The minimum absolute atomic E-state index is 0.0152. The summed E-state index contributed by atoms with van der Waals surface area (Å²) < 4.78 is 23.7. The second-order valence-corrected chi connectivity index (χ2v) is 23.1. The van der Waals surface area contributed by atoms with E-state index in [4.69, 9.17) is 18.9 Å². The molecule has 400 valence electrons. The summed E-state index contributed by atoms with van der Waals surface area (Å²) in [5.41, 5.74) is 1.35. The van der Waals surface area contributed by atoms with Crippen LogP contribution in [0, 0.1) is 17.8 Å². The lowest BCUT2D eigenvalue weighted by molar-refractivity contribution is -0.157. The number of fused-ring (bicyclic) bond motifs is 1. The highest BCUT2D eigenvalue weighted by Gasteiger charge is 2.42. The molecule has 3 aromatic rings. The van der Waals surface area contributed by atoms with Crippen molar-refractivity contribution < 1.29 is 47.7 Å². The predicted molar refractivity (Wildman–Crippen MR) is 278 cm³/mol. The van der Waals surface area contributed by atoms with E-state index >= 15 is 4.79 Å². The predicted octanol–water partition coefficient (Wildman–Crippen LogP) is 7.07. The standard InChI is InChI=1S/C56H81N7O10/c1-35(2)45(59-52(68)72-55(8,9)10)50(66)70-41(33-63-27-26-62(32-38-22-19-25-57-31-38)34-43(63)49(65)61-54(5,6)7)29-40(28-37-20-15-14-16-21-37)48(64)58-47-42-24-18-17-23-39(42)30-44(47)71-51(67)46(36(3)4)60-53(69)73-56(11,12)13/h14-25,31,35-36,40-41,43-47H,26-30,32-34H2,1-13H3,(H,58,64)(H,59,68)(H,60,69)(H,61,65)/t40-,41+,43+,44-,45+,46+,47+/m1/s1. The molecule has 0 unspecified atom stereocenters. The molecule has 2 heterocycles. The minimum Gasteiger partial charge on any atom is -0.459 e. The lowest BCUT2D eigenvalue weighted by atomic mass is 9.91. The molecule has 2 aromatic carbocycles. The molecular formula is C56H81N7O10. The largest absolute Gasteiger partial charge is 0.459 e. The summed E-state index contributed by atoms with van der Waals surface area (Å²) in [6, 6.07) is 17.4. The number of amides is 4. The number of ether oxygens (including phenoxy) is 4. The van der Waals surface area contributed by atoms with Crippen LogP contribution in [0.15, 0.2) is 79.1 Å². The van der Waals surface area contributed by atoms with Crippen LogP contribution in [0.1, 0.15) is 125 Å². The Labute approximate surface area is 432 Å². The number of alkyl carbamates (subject to hydrolysis) is 2. The molecule has 2 aliphatic rings. The highest BCUT2D eigenvalue weighted by Crippen LogP contribution is 2.35. The molecule has 0 radical (unpaired) electrons. The first-order valence-electron chi connectivity index (χ1n) is 25.6. The Morgan fingerprint density at radius 2 is 1.32 bits per heavy atom. The molecule has 1 saturated heterocycles. The summed E-state index contributed by atoms with van der Waals surface area (Å²) in [5, 5.41) is 11.8. The summed E-state index contributed by atoms with van der Waals surface area (Å²) in [5.74, 6) is -3.56. The second kappa shape index (κ2) is 25.2. The quantitative estimate of drug-likeness (QED) is 0.0702. The van der Waals surface area contributed by atoms with Crippen molar-refractivity contribution in [3.05, 3.63) is 101 Å². The van der Waals surface area contributed by atoms with Crippen LogP contribution in [0.5, 0.6) is 0 Å². The van der Waals surface area contributed by atoms with Crippen molar-refractivity contribution in [3.8, 4) is 0 Å². The zero-order chi connectivity index (χ0) is 53.8. The number of hydrogen-bond acceptors (Lipinski definition) is 13. The van der Waals surface area contributed by atoms with E-state index in [1.165, 1.54) is 0 Å². The van der Waals surface area contributed by atoms with Gasteiger partial charge in [0.25, 0.3) is 0 Å². The number of nitrogens with zero attached hydrogens (tertiary/aromatic N) is 3. The number of nitrogens with one attached hydrogen (secondary N) is 4. The molecule has 17 nitrogen and oxygen atoms in total. The summed E-state index contributed by atoms with van der Waals surface area (Å²) in [6.45, 7) is 25.4. The highest BCUT2D eigenvalue weighted by molar-refractivity contribution is 5.84. The number of carbonyl (C=O) groups excluding carboxylic acids is 6. The van der Waals surface area contributed by atoms with E-state index in [2.05, 4.69) is 31.2 Å². The van der Waals surface area contributed by atoms with Crippen molar-refractivity contribution in [1.82, 2.24) is 36.1 Å². The molecule has 7 atom stereocenters. The molecule has 5 rings (SSSR count). The fourth-order valence-electron chi connectivity index (χ4n) is 9.05. The van der Waals surface area contributed by atoms with Gasteiger partial charge >= 0.3 is 24.1 Å². The number of esters is 2. The first kappa shape index (κ1) is 57.8. The third-order valence-electron chi connectivity index (χ3n) is 12.4. The van der Waals surface area contributed by atoms with Crippen molar-refractivity contribution in [3.63, 3.8) is 0 Å². The van der Waals surface area contributed by atoms with Crippen molar-refractivity contribution in [1.29, 1.82) is 0 Å². The molecule has 1 aliphatic carbocycles. The summed E-state index contributed by atoms with van der Waals surface area (Å²) >= 11 is 0. The maximum atomic E-state index is 15.2. The van der Waals surface area contributed by atoms with Gasteiger partial charge in [-0.1, -0.05) is 88.4 Å². The van der Waals surface area contributed by atoms with Crippen LogP contribution in [0.25, 0.3) is 0 Å². The Hall–Kier alpha value is -6.07. The van der Waals surface area contributed by atoms with Gasteiger partial charge in [0.2, 0.25) is 11.8 Å². The molecule has 0 saturated carbocycles. The molecule has 0 spiro atoms. The fraction of sp³-hybridized carbons (Fsp3) is 0.589. The smallest absolute Gasteiger partial charge is 0.408 e. The lowest BCUT2D eigenvalue weighted by Crippen LogP contribution is -2.62. The topological polar surface area (TPSA) is 207 Å². The molecule has 73 heavy (non-hydrogen) atoms. The lowest BCUT2D eigenvalue weighted by Gasteiger charge is -2.43. The molecule has 1 aromatic heterocycles. The third kappa shape index (κ3) is 18.4. The fourth-order valence-corrected chi connectivity index (χ4v) is 9.05. The Kier molecular flexibility index (Phi) is 20.0. The Balaban J connectivity index is 1.50. The van der Waals surface area contributed by atoms with Crippen LogP contribution < -0.4 is 21.3 Å². The first-order valence-corrected chi connectivity index (χ1v) is 25.6. The van der Waals surface area contributed by atoms with Crippen LogP contribution in [-0.2, 0) is 57.5 Å². The number of pyridine rings is 1. The number of benzene rings is 2. The molecule has 0 bridgehead atoms. The van der Waals surface area contributed by atoms with Crippen LogP contribution in [0.3, 0.4) is 0 Å². The van der Waals surface area contributed by atoms with Gasteiger partial charge < -0.3 is 40.2 Å². The average molecular weight is 1010 g/mol. The van der Waals surface area contributed by atoms with Crippen LogP contribution in [0.4, 0.5) is 9.59 Å². The van der Waals surface area contributed by atoms with Gasteiger partial charge in [0.1, 0.15) is 41.5 Å². The maximum Gasteiger partial charge on any atom is 0.408 e. The van der Waals surface area contributed by atoms with E-state index in [0.29, 0.717) is 32.6 Å². The van der Waals surface area contributed by atoms with E-state index in [1.54, 1.807) is 75.4 Å². The Morgan fingerprint density at radius 3 is 1.89 bits per heavy atom. The van der Waals surface area contributed by atoms with Crippen LogP contribution in [-0.4, -0.2) is 124 Å². The van der Waals surface area contributed by atoms with Gasteiger partial charge in [-0.05, 0) is 115 Å². The van der Waals surface area contributed by atoms with E-state index in [0.717, 1.165) is 22.3 Å². The molecule has 1 fully saturated rings. The Bertz CT molecular complexity index is 2330. The van der Waals surface area contributed by atoms with E-state index in [1.807, 2.05) is 98.6 Å². The number of carbonyl (C=O) groups is 6. The molecular weight excluding hydrogens is 931 g/mol. The number of piperazine rings is 1. The van der Waals surface area contributed by atoms with Gasteiger partial charge in [0.05, 0.1) is 6.04 Å². The van der Waals surface area contributed by atoms with Gasteiger partial charge in [0, 0.05) is 63.0 Å². The molecule has 17 heteroatoms. The average Bonchev–Trinajstić information content (AvgIpc) is 3.62. The first-order chi connectivity index (χ1) is 34.1. The third-order valence-corrected chi connectivity index (χ3v) is 12.4. The number of aromatic nitrogens is 1. The summed E-state index contributed by atoms with van der Waals surface area (Å²) in [7, 11) is 0. The van der Waals surface area contributed by atoms with Crippen LogP contribution >= 0.6 is 0 Å². The van der Waals surface area contributed by atoms with E-state index < -0.39 is 89.1 Å². The van der Waals surface area contributed by atoms with Gasteiger partial charge in [-0.25, -0.2) is 19.2 Å². The van der Waals surface area contributed by atoms with Gasteiger partial charge in [-0.15, -0.1) is 0 Å². The van der Waals surface area contributed by atoms with Crippen molar-refractivity contribution in [2.45, 2.75) is 169 Å². The van der Waals surface area contributed by atoms with Crippen LogP contribution in [0.2, 0.25) is 0 Å². The van der Waals surface area contributed by atoms with E-state index in [9.17, 15) is 24.0 Å². The zero-order valence-corrected chi connectivity index (χ0v) is 45.3. The van der Waals surface area contributed by atoms with Crippen molar-refractivity contribution >= 4 is 35.9 Å². The Morgan fingerprint density at radius 1 is 0.726 bits per heavy atom. The SMILES string of the molecule is CC(C)[C@H](NC(=O)OC(C)(C)C)C(=O)O[C@@H](C[C@@H](Cc1ccccc1)C(=O)N[C@H]1c2ccccc2C[C@H]1OC(=O)[C@@H](NC(=O)OC(C)(C)C)C(C)C)CN1CCN(Cc2cccnc2)C[C@H]1C(=O)NC(C)(C)C.